The zero-order valence-corrected chi connectivity index (χ0v) is 15.7. The van der Waals surface area contributed by atoms with Crippen molar-refractivity contribution in [2.45, 2.75) is 26.8 Å². The van der Waals surface area contributed by atoms with Crippen molar-refractivity contribution < 1.29 is 18.7 Å². The first-order valence-electron chi connectivity index (χ1n) is 9.24. The molecule has 0 unspecified atom stereocenters. The summed E-state index contributed by atoms with van der Waals surface area (Å²) in [5, 5.41) is 0. The van der Waals surface area contributed by atoms with Crippen LogP contribution >= 0.6 is 0 Å². The number of nitrogens with zero attached hydrogens (tertiary/aromatic N) is 1. The molecule has 0 fully saturated rings. The van der Waals surface area contributed by atoms with Crippen LogP contribution in [0.3, 0.4) is 0 Å². The highest BCUT2D eigenvalue weighted by molar-refractivity contribution is 5.92. The number of carbonyl (C=O) groups excluding carboxylic acids is 1. The third-order valence-corrected chi connectivity index (χ3v) is 4.48. The summed E-state index contributed by atoms with van der Waals surface area (Å²) in [5.41, 5.74) is 3.06. The van der Waals surface area contributed by atoms with Crippen LogP contribution in [0, 0.1) is 5.82 Å². The van der Waals surface area contributed by atoms with Crippen LogP contribution in [0.15, 0.2) is 42.5 Å². The van der Waals surface area contributed by atoms with E-state index < -0.39 is 0 Å². The highest BCUT2D eigenvalue weighted by atomic mass is 19.1. The smallest absolute Gasteiger partial charge is 0.246 e. The number of rotatable bonds is 6. The Bertz CT molecular complexity index is 830. The summed E-state index contributed by atoms with van der Waals surface area (Å²) >= 11 is 0. The van der Waals surface area contributed by atoms with E-state index in [2.05, 4.69) is 0 Å². The van der Waals surface area contributed by atoms with E-state index in [-0.39, 0.29) is 11.7 Å². The first-order valence-corrected chi connectivity index (χ1v) is 9.24. The number of ether oxygens (including phenoxy) is 2. The minimum absolute atomic E-state index is 0.0585. The van der Waals surface area contributed by atoms with Gasteiger partial charge in [-0.2, -0.15) is 0 Å². The van der Waals surface area contributed by atoms with E-state index in [9.17, 15) is 9.18 Å². The Labute approximate surface area is 159 Å². The Morgan fingerprint density at radius 2 is 1.70 bits per heavy atom. The summed E-state index contributed by atoms with van der Waals surface area (Å²) < 4.78 is 24.3. The van der Waals surface area contributed by atoms with Gasteiger partial charge in [-0.05, 0) is 67.3 Å². The van der Waals surface area contributed by atoms with Gasteiger partial charge in [0.05, 0.1) is 13.2 Å². The largest absolute Gasteiger partial charge is 0.490 e. The quantitative estimate of drug-likeness (QED) is 0.716. The van der Waals surface area contributed by atoms with Crippen molar-refractivity contribution in [3.8, 4) is 11.5 Å². The van der Waals surface area contributed by atoms with Gasteiger partial charge in [0.15, 0.2) is 11.5 Å². The lowest BCUT2D eigenvalue weighted by Crippen LogP contribution is -2.34. The van der Waals surface area contributed by atoms with Gasteiger partial charge in [0.25, 0.3) is 0 Å². The number of benzene rings is 2. The van der Waals surface area contributed by atoms with Gasteiger partial charge >= 0.3 is 0 Å². The standard InChI is InChI=1S/C22H24FNO3/c1-3-26-20-13-17-11-12-24(15-18(17)14-21(20)27-4-2)22(25)10-7-16-5-8-19(23)9-6-16/h5-10,13-14H,3-4,11-12,15H2,1-2H3/b10-7+. The molecule has 0 spiro atoms. The van der Waals surface area contributed by atoms with Gasteiger partial charge in [-0.25, -0.2) is 4.39 Å². The maximum atomic E-state index is 13.0. The molecule has 3 rings (SSSR count). The van der Waals surface area contributed by atoms with Gasteiger partial charge in [0, 0.05) is 19.2 Å². The van der Waals surface area contributed by atoms with Crippen LogP contribution < -0.4 is 9.47 Å². The van der Waals surface area contributed by atoms with Gasteiger partial charge in [0.1, 0.15) is 5.82 Å². The molecule has 1 aliphatic rings. The third kappa shape index (κ3) is 4.67. The summed E-state index contributed by atoms with van der Waals surface area (Å²) in [6, 6.07) is 10.1. The molecule has 2 aromatic carbocycles. The Morgan fingerprint density at radius 1 is 1.07 bits per heavy atom. The predicted molar refractivity (Wildman–Crippen MR) is 103 cm³/mol. The second-order valence-electron chi connectivity index (χ2n) is 6.33. The van der Waals surface area contributed by atoms with Crippen LogP contribution in [0.5, 0.6) is 11.5 Å². The van der Waals surface area contributed by atoms with Gasteiger partial charge in [-0.1, -0.05) is 12.1 Å². The molecular weight excluding hydrogens is 345 g/mol. The summed E-state index contributed by atoms with van der Waals surface area (Å²) in [6.07, 6.45) is 4.02. The van der Waals surface area contributed by atoms with Crippen LogP contribution in [0.4, 0.5) is 4.39 Å². The molecule has 0 radical (unpaired) electrons. The lowest BCUT2D eigenvalue weighted by molar-refractivity contribution is -0.126. The normalized spacial score (nSPS) is 13.5. The summed E-state index contributed by atoms with van der Waals surface area (Å²) in [7, 11) is 0. The Morgan fingerprint density at radius 3 is 2.33 bits per heavy atom. The van der Waals surface area contributed by atoms with E-state index in [1.807, 2.05) is 26.0 Å². The number of hydrogen-bond acceptors (Lipinski definition) is 3. The van der Waals surface area contributed by atoms with E-state index in [1.165, 1.54) is 23.8 Å². The van der Waals surface area contributed by atoms with Crippen molar-refractivity contribution in [1.82, 2.24) is 4.90 Å². The molecule has 1 aliphatic heterocycles. The molecule has 0 saturated heterocycles. The molecule has 1 amide bonds. The van der Waals surface area contributed by atoms with E-state index in [4.69, 9.17) is 9.47 Å². The van der Waals surface area contributed by atoms with Gasteiger partial charge < -0.3 is 14.4 Å². The Hall–Kier alpha value is -2.82. The summed E-state index contributed by atoms with van der Waals surface area (Å²) in [5.74, 6) is 1.13. The molecule has 142 valence electrons. The van der Waals surface area contributed by atoms with E-state index >= 15 is 0 Å². The van der Waals surface area contributed by atoms with Crippen molar-refractivity contribution in [3.05, 3.63) is 65.0 Å². The zero-order valence-electron chi connectivity index (χ0n) is 15.7. The highest BCUT2D eigenvalue weighted by Gasteiger charge is 2.21. The lowest BCUT2D eigenvalue weighted by atomic mass is 9.98. The molecule has 5 heteroatoms. The van der Waals surface area contributed by atoms with Crippen LogP contribution in [0.2, 0.25) is 0 Å². The van der Waals surface area contributed by atoms with E-state index in [1.54, 1.807) is 23.1 Å². The molecule has 4 nitrogen and oxygen atoms in total. The van der Waals surface area contributed by atoms with Gasteiger partial charge in [-0.15, -0.1) is 0 Å². The maximum Gasteiger partial charge on any atom is 0.246 e. The first kappa shape index (κ1) is 19.0. The number of amides is 1. The average molecular weight is 369 g/mol. The Balaban J connectivity index is 1.73. The average Bonchev–Trinajstić information content (AvgIpc) is 2.68. The Kier molecular flexibility index (Phi) is 6.12. The van der Waals surface area contributed by atoms with Crippen LogP contribution in [0.1, 0.15) is 30.5 Å². The maximum absolute atomic E-state index is 13.0. The molecule has 0 atom stereocenters. The van der Waals surface area contributed by atoms with E-state index in [0.29, 0.717) is 32.1 Å². The van der Waals surface area contributed by atoms with Crippen LogP contribution in [-0.2, 0) is 17.8 Å². The number of carbonyl (C=O) groups is 1. The molecule has 0 N–H and O–H groups in total. The van der Waals surface area contributed by atoms with Gasteiger partial charge in [-0.3, -0.25) is 4.79 Å². The molecule has 2 aromatic rings. The van der Waals surface area contributed by atoms with E-state index in [0.717, 1.165) is 23.3 Å². The molecule has 0 saturated carbocycles. The van der Waals surface area contributed by atoms with Crippen molar-refractivity contribution in [3.63, 3.8) is 0 Å². The van der Waals surface area contributed by atoms with Crippen molar-refractivity contribution >= 4 is 12.0 Å². The molecule has 27 heavy (non-hydrogen) atoms. The van der Waals surface area contributed by atoms with Crippen LogP contribution in [0.25, 0.3) is 6.08 Å². The lowest BCUT2D eigenvalue weighted by Gasteiger charge is -2.29. The molecule has 0 aromatic heterocycles. The zero-order chi connectivity index (χ0) is 19.2. The van der Waals surface area contributed by atoms with Crippen LogP contribution in [-0.4, -0.2) is 30.6 Å². The second kappa shape index (κ2) is 8.71. The third-order valence-electron chi connectivity index (χ3n) is 4.48. The highest BCUT2D eigenvalue weighted by Crippen LogP contribution is 2.34. The summed E-state index contributed by atoms with van der Waals surface area (Å²) in [6.45, 7) is 6.21. The number of fused-ring (bicyclic) bond motifs is 1. The van der Waals surface area contributed by atoms with Crippen molar-refractivity contribution in [1.29, 1.82) is 0 Å². The molecule has 0 aliphatic carbocycles. The fourth-order valence-corrected chi connectivity index (χ4v) is 3.14. The second-order valence-corrected chi connectivity index (χ2v) is 6.33. The molecule has 1 heterocycles. The topological polar surface area (TPSA) is 38.8 Å². The SMILES string of the molecule is CCOc1cc2c(cc1OCC)CN(C(=O)/C=C/c1ccc(F)cc1)CC2. The fraction of sp³-hybridized carbons (Fsp3) is 0.318. The number of halogens is 1. The monoisotopic (exact) mass is 369 g/mol. The fourth-order valence-electron chi connectivity index (χ4n) is 3.14. The minimum atomic E-state index is -0.289. The van der Waals surface area contributed by atoms with Crippen molar-refractivity contribution in [2.24, 2.45) is 0 Å². The summed E-state index contributed by atoms with van der Waals surface area (Å²) in [4.78, 5) is 14.3. The predicted octanol–water partition coefficient (Wildman–Crippen LogP) is 4.22. The number of hydrogen-bond donors (Lipinski definition) is 0. The molecular formula is C22H24FNO3. The van der Waals surface area contributed by atoms with Crippen molar-refractivity contribution in [2.75, 3.05) is 19.8 Å². The molecule has 0 bridgehead atoms. The van der Waals surface area contributed by atoms with Gasteiger partial charge in [0.2, 0.25) is 5.91 Å². The minimum Gasteiger partial charge on any atom is -0.490 e. The first-order chi connectivity index (χ1) is 13.1.